The Balaban J connectivity index is 4.17. The summed E-state index contributed by atoms with van der Waals surface area (Å²) in [6.45, 7) is 2.12. The molecule has 0 aromatic carbocycles. The molecule has 0 spiro atoms. The van der Waals surface area contributed by atoms with E-state index < -0.39 is 30.1 Å². The van der Waals surface area contributed by atoms with Gasteiger partial charge in [0.15, 0.2) is 0 Å². The first-order chi connectivity index (χ1) is 10.2. The van der Waals surface area contributed by atoms with Gasteiger partial charge in [-0.2, -0.15) is 0 Å². The summed E-state index contributed by atoms with van der Waals surface area (Å²) < 4.78 is 27.3. The van der Waals surface area contributed by atoms with Gasteiger partial charge in [-0.15, -0.1) is 0 Å². The molecule has 0 rings (SSSR count). The average molecular weight is 323 g/mol. The van der Waals surface area contributed by atoms with Gasteiger partial charge >= 0.3 is 11.9 Å². The highest BCUT2D eigenvalue weighted by Crippen LogP contribution is 2.27. The molecule has 0 amide bonds. The predicted molar refractivity (Wildman–Crippen MR) is 79.7 cm³/mol. The molecule has 0 heterocycles. The molecule has 7 heteroatoms. The molecule has 0 bridgehead atoms. The number of alkyl halides is 2. The summed E-state index contributed by atoms with van der Waals surface area (Å²) in [5.41, 5.74) is 4.96. The highest BCUT2D eigenvalue weighted by atomic mass is 19.3. The van der Waals surface area contributed by atoms with Crippen molar-refractivity contribution in [3.05, 3.63) is 12.2 Å². The molecule has 0 radical (unpaired) electrons. The highest BCUT2D eigenvalue weighted by molar-refractivity contribution is 5.74. The van der Waals surface area contributed by atoms with E-state index in [1.54, 1.807) is 6.08 Å². The van der Waals surface area contributed by atoms with Gasteiger partial charge in [0, 0.05) is 0 Å². The maximum atomic E-state index is 13.7. The lowest BCUT2D eigenvalue weighted by Gasteiger charge is -2.28. The van der Waals surface area contributed by atoms with Crippen LogP contribution in [0, 0.1) is 0 Å². The summed E-state index contributed by atoms with van der Waals surface area (Å²) in [7, 11) is 0. The summed E-state index contributed by atoms with van der Waals surface area (Å²) in [6.07, 6.45) is 4.17. The van der Waals surface area contributed by atoms with Crippen molar-refractivity contribution in [1.29, 1.82) is 0 Å². The van der Waals surface area contributed by atoms with Gasteiger partial charge in [-0.05, 0) is 19.3 Å². The molecule has 0 aliphatic carbocycles. The minimum absolute atomic E-state index is 0.370. The van der Waals surface area contributed by atoms with Crippen LogP contribution in [0.1, 0.15) is 51.9 Å². The number of carbonyl (C=O) groups is 1. The molecular weight excluding hydrogens is 296 g/mol. The van der Waals surface area contributed by atoms with E-state index in [0.29, 0.717) is 0 Å². The number of rotatable bonds is 12. The number of hydrogen-bond donors (Lipinski definition) is 4. The molecule has 0 aromatic heterocycles. The molecular formula is C15H27F2NO4. The molecule has 5 nitrogen and oxygen atoms in total. The first-order valence-corrected chi connectivity index (χ1v) is 7.62. The summed E-state index contributed by atoms with van der Waals surface area (Å²) in [5.74, 6) is -5.73. The number of hydrogen-bond acceptors (Lipinski definition) is 4. The third-order valence-electron chi connectivity index (χ3n) is 3.46. The molecule has 0 aliphatic heterocycles. The van der Waals surface area contributed by atoms with Gasteiger partial charge in [-0.25, -0.2) is 8.78 Å². The largest absolute Gasteiger partial charge is 0.480 e. The smallest absolute Gasteiger partial charge is 0.323 e. The summed E-state index contributed by atoms with van der Waals surface area (Å²) in [5, 5.41) is 27.2. The third-order valence-corrected chi connectivity index (χ3v) is 3.46. The zero-order chi connectivity index (χ0) is 17.2. The van der Waals surface area contributed by atoms with E-state index in [1.165, 1.54) is 12.5 Å². The Kier molecular flexibility index (Phi) is 10.1. The Labute approximate surface area is 129 Å². The molecule has 0 saturated carbocycles. The van der Waals surface area contributed by atoms with Gasteiger partial charge in [-0.1, -0.05) is 44.8 Å². The highest BCUT2D eigenvalue weighted by Gasteiger charge is 2.49. The normalized spacial score (nSPS) is 16.6. The second-order valence-electron chi connectivity index (χ2n) is 5.41. The molecule has 0 fully saturated rings. The Hall–Kier alpha value is -1.05. The molecule has 22 heavy (non-hydrogen) atoms. The second-order valence-corrected chi connectivity index (χ2v) is 5.41. The summed E-state index contributed by atoms with van der Waals surface area (Å²) >= 11 is 0. The van der Waals surface area contributed by atoms with Crippen molar-refractivity contribution < 1.29 is 28.9 Å². The lowest BCUT2D eigenvalue weighted by molar-refractivity contribution is -0.187. The van der Waals surface area contributed by atoms with Crippen molar-refractivity contribution in [2.75, 3.05) is 0 Å². The van der Waals surface area contributed by atoms with Gasteiger partial charge in [0.25, 0.3) is 0 Å². The van der Waals surface area contributed by atoms with E-state index in [-0.39, 0.29) is 6.42 Å². The maximum Gasteiger partial charge on any atom is 0.323 e. The summed E-state index contributed by atoms with van der Waals surface area (Å²) in [4.78, 5) is 10.5. The fraction of sp³-hybridized carbons (Fsp3) is 0.800. The molecule has 0 aromatic rings. The van der Waals surface area contributed by atoms with Crippen molar-refractivity contribution in [3.8, 4) is 0 Å². The lowest BCUT2D eigenvalue weighted by atomic mass is 9.98. The lowest BCUT2D eigenvalue weighted by Crippen LogP contribution is -2.56. The zero-order valence-corrected chi connectivity index (χ0v) is 12.9. The van der Waals surface area contributed by atoms with E-state index in [2.05, 4.69) is 6.92 Å². The molecule has 3 unspecified atom stereocenters. The number of aliphatic hydroxyl groups excluding tert-OH is 2. The van der Waals surface area contributed by atoms with E-state index in [1.807, 2.05) is 0 Å². The van der Waals surface area contributed by atoms with Gasteiger partial charge in [0.05, 0.1) is 0 Å². The van der Waals surface area contributed by atoms with Gasteiger partial charge in [0.2, 0.25) is 0 Å². The monoisotopic (exact) mass is 323 g/mol. The standard InChI is InChI=1S/C15H27F2NO4/c1-2-3-4-5-6-7-8-9-10-11(19)15(16,17)13(20)12(18)14(21)22/h8-9,11-13,19-20H,2-7,10,18H2,1H3,(H,21,22)/b9-8+. The first-order valence-electron chi connectivity index (χ1n) is 7.62. The number of aliphatic hydroxyl groups is 2. The number of allylic oxidation sites excluding steroid dienone is 1. The molecule has 3 atom stereocenters. The number of carboxylic acid groups (broad SMARTS) is 1. The fourth-order valence-electron chi connectivity index (χ4n) is 1.94. The first kappa shape index (κ1) is 20.9. The summed E-state index contributed by atoms with van der Waals surface area (Å²) in [6, 6.07) is -2.15. The number of unbranched alkanes of at least 4 members (excludes halogenated alkanes) is 5. The van der Waals surface area contributed by atoms with Crippen LogP contribution in [0.4, 0.5) is 8.78 Å². The maximum absolute atomic E-state index is 13.7. The van der Waals surface area contributed by atoms with Crippen molar-refractivity contribution in [1.82, 2.24) is 0 Å². The number of halogens is 2. The van der Waals surface area contributed by atoms with Crippen LogP contribution in [-0.4, -0.2) is 45.5 Å². The van der Waals surface area contributed by atoms with E-state index in [4.69, 9.17) is 10.8 Å². The number of aliphatic carboxylic acids is 1. The molecule has 0 aliphatic rings. The van der Waals surface area contributed by atoms with Gasteiger partial charge in [-0.3, -0.25) is 4.79 Å². The van der Waals surface area contributed by atoms with Crippen LogP contribution < -0.4 is 5.73 Å². The Morgan fingerprint density at radius 2 is 1.77 bits per heavy atom. The van der Waals surface area contributed by atoms with Crippen LogP contribution in [0.15, 0.2) is 12.2 Å². The zero-order valence-electron chi connectivity index (χ0n) is 12.9. The Morgan fingerprint density at radius 3 is 2.32 bits per heavy atom. The van der Waals surface area contributed by atoms with Crippen LogP contribution in [0.3, 0.4) is 0 Å². The van der Waals surface area contributed by atoms with Crippen LogP contribution in [0.2, 0.25) is 0 Å². The SMILES string of the molecule is CCCCCCC/C=C/CC(O)C(F)(F)C(O)C(N)C(=O)O. The van der Waals surface area contributed by atoms with Crippen LogP contribution >= 0.6 is 0 Å². The number of nitrogens with two attached hydrogens (primary N) is 1. The predicted octanol–water partition coefficient (Wildman–Crippen LogP) is 2.06. The van der Waals surface area contributed by atoms with Crippen LogP contribution in [-0.2, 0) is 4.79 Å². The van der Waals surface area contributed by atoms with Crippen molar-refractivity contribution in [2.24, 2.45) is 5.73 Å². The van der Waals surface area contributed by atoms with E-state index >= 15 is 0 Å². The van der Waals surface area contributed by atoms with Gasteiger partial charge < -0.3 is 21.1 Å². The Morgan fingerprint density at radius 1 is 1.18 bits per heavy atom. The average Bonchev–Trinajstić information content (AvgIpc) is 2.47. The topological polar surface area (TPSA) is 104 Å². The Bertz CT molecular complexity index is 350. The quantitative estimate of drug-likeness (QED) is 0.325. The third kappa shape index (κ3) is 7.29. The van der Waals surface area contributed by atoms with Crippen molar-refractivity contribution >= 4 is 5.97 Å². The minimum atomic E-state index is -3.98. The molecule has 5 N–H and O–H groups in total. The number of carboxylic acids is 1. The van der Waals surface area contributed by atoms with Gasteiger partial charge in [0.1, 0.15) is 18.2 Å². The van der Waals surface area contributed by atoms with Crippen LogP contribution in [0.5, 0.6) is 0 Å². The molecule has 130 valence electrons. The minimum Gasteiger partial charge on any atom is -0.480 e. The second kappa shape index (κ2) is 10.6. The van der Waals surface area contributed by atoms with E-state index in [9.17, 15) is 23.8 Å². The van der Waals surface area contributed by atoms with Crippen molar-refractivity contribution in [2.45, 2.75) is 76.0 Å². The van der Waals surface area contributed by atoms with Crippen LogP contribution in [0.25, 0.3) is 0 Å². The van der Waals surface area contributed by atoms with Crippen molar-refractivity contribution in [3.63, 3.8) is 0 Å². The van der Waals surface area contributed by atoms with E-state index in [0.717, 1.165) is 32.1 Å². The molecule has 0 saturated heterocycles. The fourth-order valence-corrected chi connectivity index (χ4v) is 1.94.